The van der Waals surface area contributed by atoms with Gasteiger partial charge in [-0.05, 0) is 116 Å². The van der Waals surface area contributed by atoms with Gasteiger partial charge in [-0.25, -0.2) is 0 Å². The molecule has 0 radical (unpaired) electrons. The molecule has 0 aliphatic heterocycles. The summed E-state index contributed by atoms with van der Waals surface area (Å²) in [6, 6.07) is 0. The van der Waals surface area contributed by atoms with E-state index in [0.717, 1.165) is 103 Å². The van der Waals surface area contributed by atoms with Crippen molar-refractivity contribution in [3.63, 3.8) is 0 Å². The fourth-order valence-corrected chi connectivity index (χ4v) is 7.22. The predicted octanol–water partition coefficient (Wildman–Crippen LogP) is 18.8. The van der Waals surface area contributed by atoms with Crippen LogP contribution >= 0.6 is 0 Å². The zero-order chi connectivity index (χ0) is 47.7. The Kier molecular flexibility index (Phi) is 53.0. The predicted molar refractivity (Wildman–Crippen MR) is 288 cm³/mol. The molecule has 0 spiro atoms. The molecule has 0 saturated carbocycles. The molecule has 0 aliphatic rings. The van der Waals surface area contributed by atoms with Gasteiger partial charge in [0.15, 0.2) is 6.10 Å². The molecule has 0 aliphatic carbocycles. The fourth-order valence-electron chi connectivity index (χ4n) is 7.22. The molecule has 5 heteroatoms. The Balaban J connectivity index is 4.42. The van der Waals surface area contributed by atoms with E-state index in [1.165, 1.54) is 103 Å². The standard InChI is InChI=1S/C61H102O5/c1-4-7-10-13-16-19-22-25-28-31-33-36-39-42-45-48-51-54-60(62)65-58-59(57-64-56-53-50-47-44-41-38-35-30-27-24-21-18-15-12-9-6-3)66-61(63)55-52-49-46-43-40-37-34-32-29-26-23-20-17-14-11-8-5-2/h9,12,16-21,25-30,38,41,47,50,59H,4-8,10-11,13-15,22-24,31-37,39-40,42-46,48-49,51-58H2,1-3H3/b12-9-,19-16-,20-17-,21-18-,28-25-,29-26-,30-27-,41-38-,50-47-. The molecule has 0 heterocycles. The van der Waals surface area contributed by atoms with E-state index >= 15 is 0 Å². The second-order valence-electron chi connectivity index (χ2n) is 17.7. The minimum absolute atomic E-state index is 0.0425. The van der Waals surface area contributed by atoms with Crippen molar-refractivity contribution in [1.82, 2.24) is 0 Å². The maximum Gasteiger partial charge on any atom is 0.306 e. The molecule has 376 valence electrons. The number of carbonyl (C=O) groups excluding carboxylic acids is 2. The van der Waals surface area contributed by atoms with Crippen LogP contribution in [0.4, 0.5) is 0 Å². The molecular weight excluding hydrogens is 813 g/mol. The van der Waals surface area contributed by atoms with E-state index in [2.05, 4.69) is 130 Å². The minimum atomic E-state index is -0.590. The summed E-state index contributed by atoms with van der Waals surface area (Å²) < 4.78 is 17.3. The first-order valence-electron chi connectivity index (χ1n) is 27.4. The van der Waals surface area contributed by atoms with Gasteiger partial charge in [0, 0.05) is 12.8 Å². The lowest BCUT2D eigenvalue weighted by atomic mass is 10.1. The van der Waals surface area contributed by atoms with Crippen molar-refractivity contribution >= 4 is 11.9 Å². The topological polar surface area (TPSA) is 61.8 Å². The maximum atomic E-state index is 12.8. The zero-order valence-corrected chi connectivity index (χ0v) is 43.2. The van der Waals surface area contributed by atoms with Crippen molar-refractivity contribution in [2.75, 3.05) is 19.8 Å². The number of hydrogen-bond donors (Lipinski definition) is 0. The molecule has 1 atom stereocenters. The van der Waals surface area contributed by atoms with E-state index in [-0.39, 0.29) is 25.2 Å². The van der Waals surface area contributed by atoms with Crippen molar-refractivity contribution in [3.05, 3.63) is 109 Å². The summed E-state index contributed by atoms with van der Waals surface area (Å²) in [5.41, 5.74) is 0. The largest absolute Gasteiger partial charge is 0.462 e. The molecule has 1 unspecified atom stereocenters. The number of ether oxygens (including phenoxy) is 3. The highest BCUT2D eigenvalue weighted by molar-refractivity contribution is 5.70. The molecule has 0 fully saturated rings. The minimum Gasteiger partial charge on any atom is -0.462 e. The number of rotatable bonds is 49. The molecule has 0 bridgehead atoms. The van der Waals surface area contributed by atoms with Gasteiger partial charge in [-0.2, -0.15) is 0 Å². The van der Waals surface area contributed by atoms with Gasteiger partial charge in [0.25, 0.3) is 0 Å². The Bertz CT molecular complexity index is 1310. The number of allylic oxidation sites excluding steroid dienone is 17. The average molecular weight is 915 g/mol. The molecule has 0 aromatic rings. The number of hydrogen-bond acceptors (Lipinski definition) is 5. The summed E-state index contributed by atoms with van der Waals surface area (Å²) in [5.74, 6) is -0.458. The van der Waals surface area contributed by atoms with Crippen LogP contribution in [0.1, 0.15) is 239 Å². The van der Waals surface area contributed by atoms with Crippen LogP contribution in [-0.2, 0) is 23.8 Å². The molecule has 66 heavy (non-hydrogen) atoms. The van der Waals surface area contributed by atoms with E-state index in [1.807, 2.05) is 0 Å². The normalized spacial score (nSPS) is 13.1. The molecule has 0 rings (SSSR count). The zero-order valence-electron chi connectivity index (χ0n) is 43.2. The van der Waals surface area contributed by atoms with Crippen LogP contribution < -0.4 is 0 Å². The summed E-state index contributed by atoms with van der Waals surface area (Å²) >= 11 is 0. The first-order valence-corrected chi connectivity index (χ1v) is 27.4. The molecule has 0 aromatic heterocycles. The van der Waals surface area contributed by atoms with Crippen LogP contribution in [0.2, 0.25) is 0 Å². The van der Waals surface area contributed by atoms with Gasteiger partial charge in [-0.1, -0.05) is 220 Å². The van der Waals surface area contributed by atoms with Gasteiger partial charge >= 0.3 is 11.9 Å². The Morgan fingerprint density at radius 3 is 1.09 bits per heavy atom. The molecule has 0 saturated heterocycles. The summed E-state index contributed by atoms with van der Waals surface area (Å²) in [6.07, 6.45) is 76.9. The van der Waals surface area contributed by atoms with Crippen molar-refractivity contribution < 1.29 is 23.8 Å². The molecule has 0 N–H and O–H groups in total. The van der Waals surface area contributed by atoms with E-state index < -0.39 is 6.10 Å². The average Bonchev–Trinajstić information content (AvgIpc) is 3.32. The van der Waals surface area contributed by atoms with Crippen LogP contribution in [0, 0.1) is 0 Å². The third-order valence-corrected chi connectivity index (χ3v) is 11.3. The first-order chi connectivity index (χ1) is 32.6. The van der Waals surface area contributed by atoms with Gasteiger partial charge in [0.2, 0.25) is 0 Å². The van der Waals surface area contributed by atoms with Crippen LogP contribution in [-0.4, -0.2) is 37.9 Å². The Labute approximate surface area is 408 Å². The van der Waals surface area contributed by atoms with Gasteiger partial charge in [0.05, 0.1) is 13.2 Å². The van der Waals surface area contributed by atoms with Gasteiger partial charge in [-0.15, -0.1) is 0 Å². The maximum absolute atomic E-state index is 12.8. The second-order valence-corrected chi connectivity index (χ2v) is 17.7. The second kappa shape index (κ2) is 55.9. The van der Waals surface area contributed by atoms with E-state index in [9.17, 15) is 9.59 Å². The highest BCUT2D eigenvalue weighted by Gasteiger charge is 2.17. The number of esters is 2. The van der Waals surface area contributed by atoms with Crippen LogP contribution in [0.15, 0.2) is 109 Å². The fraction of sp³-hybridized carbons (Fsp3) is 0.672. The van der Waals surface area contributed by atoms with E-state index in [1.54, 1.807) is 0 Å². The van der Waals surface area contributed by atoms with Gasteiger partial charge in [0.1, 0.15) is 6.61 Å². The van der Waals surface area contributed by atoms with Crippen LogP contribution in [0.3, 0.4) is 0 Å². The third-order valence-electron chi connectivity index (χ3n) is 11.3. The third kappa shape index (κ3) is 53.2. The van der Waals surface area contributed by atoms with Crippen molar-refractivity contribution in [2.24, 2.45) is 0 Å². The van der Waals surface area contributed by atoms with Gasteiger partial charge in [-0.3, -0.25) is 9.59 Å². The molecular formula is C61H102O5. The quantitative estimate of drug-likeness (QED) is 0.0346. The molecule has 0 amide bonds. The lowest BCUT2D eigenvalue weighted by molar-refractivity contribution is -0.162. The van der Waals surface area contributed by atoms with Gasteiger partial charge < -0.3 is 14.2 Å². The summed E-state index contributed by atoms with van der Waals surface area (Å²) in [5, 5.41) is 0. The van der Waals surface area contributed by atoms with E-state index in [0.29, 0.717) is 19.4 Å². The highest BCUT2D eigenvalue weighted by Crippen LogP contribution is 2.13. The van der Waals surface area contributed by atoms with Crippen molar-refractivity contribution in [3.8, 4) is 0 Å². The lowest BCUT2D eigenvalue weighted by Crippen LogP contribution is -2.30. The lowest BCUT2D eigenvalue weighted by Gasteiger charge is -2.18. The summed E-state index contributed by atoms with van der Waals surface area (Å²) in [4.78, 5) is 25.5. The van der Waals surface area contributed by atoms with Crippen molar-refractivity contribution in [2.45, 2.75) is 245 Å². The Morgan fingerprint density at radius 2 is 0.682 bits per heavy atom. The summed E-state index contributed by atoms with van der Waals surface area (Å²) in [7, 11) is 0. The Morgan fingerprint density at radius 1 is 0.348 bits per heavy atom. The molecule has 5 nitrogen and oxygen atoms in total. The molecule has 0 aromatic carbocycles. The van der Waals surface area contributed by atoms with Crippen LogP contribution in [0.25, 0.3) is 0 Å². The number of unbranched alkanes of at least 4 members (excludes halogenated alkanes) is 20. The number of carbonyl (C=O) groups is 2. The smallest absolute Gasteiger partial charge is 0.306 e. The SMILES string of the molecule is CC/C=C\C/C=C\C/C=C\C/C=C\C/C=C\CCOCC(COC(=O)CCCCCCCCC/C=C\C/C=C\CCCCC)OC(=O)CCCCCCCCC/C=C\C/C=C\CCCCC. The Hall–Kier alpha value is -3.44. The summed E-state index contributed by atoms with van der Waals surface area (Å²) in [6.45, 7) is 7.44. The first kappa shape index (κ1) is 62.6. The highest BCUT2D eigenvalue weighted by atomic mass is 16.6. The van der Waals surface area contributed by atoms with Crippen molar-refractivity contribution in [1.29, 1.82) is 0 Å². The monoisotopic (exact) mass is 915 g/mol. The van der Waals surface area contributed by atoms with Crippen LogP contribution in [0.5, 0.6) is 0 Å². The van der Waals surface area contributed by atoms with E-state index in [4.69, 9.17) is 14.2 Å².